The van der Waals surface area contributed by atoms with Crippen LogP contribution in [0.25, 0.3) is 11.4 Å². The maximum Gasteiger partial charge on any atom is 0.262 e. The molecule has 40 heavy (non-hydrogen) atoms. The van der Waals surface area contributed by atoms with E-state index in [9.17, 15) is 9.59 Å². The van der Waals surface area contributed by atoms with Gasteiger partial charge in [0.05, 0.1) is 17.7 Å². The van der Waals surface area contributed by atoms with Gasteiger partial charge in [-0.2, -0.15) is 10.3 Å². The first-order valence-corrected chi connectivity index (χ1v) is 14.1. The fraction of sp³-hybridized carbons (Fsp3) is 0.400. The Labute approximate surface area is 232 Å². The third kappa shape index (κ3) is 5.66. The molecule has 3 aromatic rings. The predicted octanol–water partition coefficient (Wildman–Crippen LogP) is 4.74. The van der Waals surface area contributed by atoms with Crippen LogP contribution in [-0.2, 0) is 9.59 Å². The first kappa shape index (κ1) is 25.9. The summed E-state index contributed by atoms with van der Waals surface area (Å²) in [6.45, 7) is -0.135. The van der Waals surface area contributed by atoms with Gasteiger partial charge in [0.15, 0.2) is 6.61 Å². The van der Waals surface area contributed by atoms with Crippen molar-refractivity contribution < 1.29 is 14.3 Å². The minimum Gasteiger partial charge on any atom is -0.484 e. The van der Waals surface area contributed by atoms with E-state index in [1.807, 2.05) is 41.4 Å². The van der Waals surface area contributed by atoms with Gasteiger partial charge in [-0.25, -0.2) is 5.01 Å². The van der Waals surface area contributed by atoms with Crippen LogP contribution in [0.1, 0.15) is 56.9 Å². The van der Waals surface area contributed by atoms with Crippen LogP contribution in [0.5, 0.6) is 5.75 Å². The molecule has 0 radical (unpaired) electrons. The number of nitrogens with one attached hydrogen (secondary N) is 2. The lowest BCUT2D eigenvalue weighted by atomic mass is 9.76. The first-order chi connectivity index (χ1) is 19.7. The van der Waals surface area contributed by atoms with Crippen LogP contribution in [0.4, 0.5) is 5.69 Å². The van der Waals surface area contributed by atoms with Gasteiger partial charge in [-0.05, 0) is 67.3 Å². The number of ether oxygens (including phenoxy) is 1. The topological polar surface area (TPSA) is 125 Å². The number of anilines is 1. The van der Waals surface area contributed by atoms with Gasteiger partial charge in [0.2, 0.25) is 11.7 Å². The Balaban J connectivity index is 1.15. The molecule has 1 aliphatic heterocycles. The van der Waals surface area contributed by atoms with Crippen LogP contribution in [0, 0.1) is 11.8 Å². The number of carbonyl (C=O) groups excluding carboxylic acids is 2. The number of hydrogen-bond acceptors (Lipinski definition) is 7. The molecule has 2 heterocycles. The molecule has 1 fully saturated rings. The molecule has 10 heteroatoms. The van der Waals surface area contributed by atoms with Gasteiger partial charge in [0.1, 0.15) is 5.75 Å². The lowest BCUT2D eigenvalue weighted by Crippen LogP contribution is -2.49. The number of hydrogen-bond donors (Lipinski definition) is 2. The van der Waals surface area contributed by atoms with Crippen molar-refractivity contribution >= 4 is 23.2 Å². The number of H-pyrrole nitrogens is 1. The van der Waals surface area contributed by atoms with Crippen molar-refractivity contribution in [2.45, 2.75) is 57.4 Å². The van der Waals surface area contributed by atoms with Gasteiger partial charge in [-0.15, -0.1) is 10.2 Å². The summed E-state index contributed by atoms with van der Waals surface area (Å²) < 4.78 is 5.88. The summed E-state index contributed by atoms with van der Waals surface area (Å²) in [5.41, 5.74) is 3.31. The largest absolute Gasteiger partial charge is 0.484 e. The van der Waals surface area contributed by atoms with E-state index in [4.69, 9.17) is 9.84 Å². The molecule has 3 aliphatic rings. The Morgan fingerprint density at radius 2 is 1.75 bits per heavy atom. The van der Waals surface area contributed by atoms with Crippen molar-refractivity contribution in [2.75, 3.05) is 11.9 Å². The molecule has 0 saturated heterocycles. The van der Waals surface area contributed by atoms with E-state index < -0.39 is 0 Å². The number of amides is 2. The van der Waals surface area contributed by atoms with Crippen molar-refractivity contribution in [3.8, 4) is 17.1 Å². The van der Waals surface area contributed by atoms with Gasteiger partial charge in [0.25, 0.3) is 5.91 Å². The molecule has 1 aromatic heterocycles. The number of hydrazone groups is 1. The summed E-state index contributed by atoms with van der Waals surface area (Å²) in [5, 5.41) is 23.6. The highest BCUT2D eigenvalue weighted by Gasteiger charge is 2.42. The second kappa shape index (κ2) is 11.8. The van der Waals surface area contributed by atoms with Crippen molar-refractivity contribution in [1.82, 2.24) is 25.6 Å². The van der Waals surface area contributed by atoms with Crippen molar-refractivity contribution in [3.05, 3.63) is 66.2 Å². The lowest BCUT2D eigenvalue weighted by Gasteiger charge is -2.40. The third-order valence-electron chi connectivity index (χ3n) is 7.98. The zero-order valence-electron chi connectivity index (χ0n) is 22.3. The average Bonchev–Trinajstić information content (AvgIpc) is 3.40. The number of aromatic amines is 1. The second-order valence-corrected chi connectivity index (χ2v) is 10.6. The molecule has 2 aliphatic carbocycles. The molecule has 2 atom stereocenters. The zero-order valence-corrected chi connectivity index (χ0v) is 22.3. The maximum atomic E-state index is 13.5. The Morgan fingerprint density at radius 1 is 0.975 bits per heavy atom. The maximum absolute atomic E-state index is 13.5. The minimum atomic E-state index is -0.268. The van der Waals surface area contributed by atoms with Crippen LogP contribution >= 0.6 is 0 Å². The van der Waals surface area contributed by atoms with Crippen LogP contribution in [0.2, 0.25) is 0 Å². The van der Waals surface area contributed by atoms with Crippen molar-refractivity contribution in [1.29, 1.82) is 0 Å². The molecule has 0 unspecified atom stereocenters. The first-order valence-electron chi connectivity index (χ1n) is 14.1. The molecule has 2 aromatic carbocycles. The van der Waals surface area contributed by atoms with Gasteiger partial charge in [-0.1, -0.05) is 50.0 Å². The van der Waals surface area contributed by atoms with Gasteiger partial charge < -0.3 is 10.1 Å². The number of allylic oxidation sites excluding steroid dienone is 2. The molecular weight excluding hydrogens is 506 g/mol. The summed E-state index contributed by atoms with van der Waals surface area (Å²) in [4.78, 5) is 26.1. The Morgan fingerprint density at radius 3 is 2.50 bits per heavy atom. The van der Waals surface area contributed by atoms with Crippen molar-refractivity contribution in [2.24, 2.45) is 16.9 Å². The number of benzene rings is 2. The van der Waals surface area contributed by atoms with E-state index >= 15 is 0 Å². The smallest absolute Gasteiger partial charge is 0.262 e. The fourth-order valence-electron chi connectivity index (χ4n) is 5.91. The summed E-state index contributed by atoms with van der Waals surface area (Å²) in [6, 6.07) is 15.1. The standard InChI is InChI=1S/C30H33N7O3/c38-27(31-22-16-14-20(15-17-22)29-32-35-36-33-29)19-40-24-11-7-8-21(18-24)28-25-12-5-6-13-26(25)30(39)37(34-28)23-9-3-1-2-4-10-23/h5-8,11,14-18,23,25-26H,1-4,9-10,12-13,19H2,(H,31,38)(H,32,33,35,36)/t25-,26+/m0/s1. The van der Waals surface area contributed by atoms with E-state index in [0.29, 0.717) is 17.3 Å². The van der Waals surface area contributed by atoms with E-state index in [1.165, 1.54) is 12.8 Å². The number of tetrazole rings is 1. The number of fused-ring (bicyclic) bond motifs is 1. The number of rotatable bonds is 7. The van der Waals surface area contributed by atoms with Crippen LogP contribution in [-0.4, -0.2) is 55.8 Å². The van der Waals surface area contributed by atoms with E-state index in [2.05, 4.69) is 38.1 Å². The Bertz CT molecular complexity index is 1390. The lowest BCUT2D eigenvalue weighted by molar-refractivity contribution is -0.140. The molecule has 1 saturated carbocycles. The summed E-state index contributed by atoms with van der Waals surface area (Å²) in [7, 11) is 0. The molecule has 0 bridgehead atoms. The van der Waals surface area contributed by atoms with Crippen LogP contribution in [0.15, 0.2) is 65.8 Å². The summed E-state index contributed by atoms with van der Waals surface area (Å²) in [5.74, 6) is 0.940. The predicted molar refractivity (Wildman–Crippen MR) is 150 cm³/mol. The second-order valence-electron chi connectivity index (χ2n) is 10.6. The van der Waals surface area contributed by atoms with E-state index in [1.54, 1.807) is 12.1 Å². The molecule has 0 spiro atoms. The van der Waals surface area contributed by atoms with Gasteiger partial charge in [0, 0.05) is 22.7 Å². The van der Waals surface area contributed by atoms with Crippen molar-refractivity contribution in [3.63, 3.8) is 0 Å². The van der Waals surface area contributed by atoms with E-state index in [0.717, 1.165) is 55.4 Å². The third-order valence-corrected chi connectivity index (χ3v) is 7.98. The minimum absolute atomic E-state index is 0.0495. The van der Waals surface area contributed by atoms with Gasteiger partial charge >= 0.3 is 0 Å². The fourth-order valence-corrected chi connectivity index (χ4v) is 5.91. The van der Waals surface area contributed by atoms with Gasteiger partial charge in [-0.3, -0.25) is 9.59 Å². The SMILES string of the molecule is O=C(COc1cccc(C2=NN(C3CCCCCC3)C(=O)[C@@H]3CC=CC[C@H]23)c1)Nc1ccc(-c2nn[nH]n2)cc1. The van der Waals surface area contributed by atoms with Crippen LogP contribution in [0.3, 0.4) is 0 Å². The number of aromatic nitrogens is 4. The highest BCUT2D eigenvalue weighted by atomic mass is 16.5. The molecule has 6 rings (SSSR count). The molecular formula is C30H33N7O3. The quantitative estimate of drug-likeness (QED) is 0.330. The molecule has 2 N–H and O–H groups in total. The normalized spacial score (nSPS) is 21.4. The van der Waals surface area contributed by atoms with Crippen LogP contribution < -0.4 is 10.1 Å². The molecule has 206 valence electrons. The summed E-state index contributed by atoms with van der Waals surface area (Å²) in [6.07, 6.45) is 12.6. The highest BCUT2D eigenvalue weighted by molar-refractivity contribution is 6.07. The average molecular weight is 540 g/mol. The zero-order chi connectivity index (χ0) is 27.3. The Hall–Kier alpha value is -4.34. The monoisotopic (exact) mass is 539 g/mol. The Kier molecular flexibility index (Phi) is 7.65. The summed E-state index contributed by atoms with van der Waals surface area (Å²) >= 11 is 0. The number of carbonyl (C=O) groups is 2. The molecule has 2 amide bonds. The highest BCUT2D eigenvalue weighted by Crippen LogP contribution is 2.37. The number of nitrogens with zero attached hydrogens (tertiary/aromatic N) is 5. The molecule has 10 nitrogen and oxygen atoms in total. The van der Waals surface area contributed by atoms with E-state index in [-0.39, 0.29) is 36.3 Å².